The molecule has 0 saturated heterocycles. The standard InChI is InChI=1S/C19H27NO2/c1-12-5-4-6-17(9-12)22-14(3)19(21)20-13(2)18-11-15-7-8-16(18)10-15/h4-6,9,13-16,18H,7-8,10-11H2,1-3H3,(H,20,21)/t13-,14+,15-,16-,18-/m0/s1. The molecule has 0 spiro atoms. The molecule has 0 aliphatic heterocycles. The Morgan fingerprint density at radius 3 is 2.73 bits per heavy atom. The van der Waals surface area contributed by atoms with Crippen molar-refractivity contribution in [1.82, 2.24) is 5.32 Å². The first kappa shape index (κ1) is 15.4. The number of carbonyl (C=O) groups excluding carboxylic acids is 1. The third kappa shape index (κ3) is 3.29. The maximum Gasteiger partial charge on any atom is 0.260 e. The van der Waals surface area contributed by atoms with Crippen LogP contribution in [-0.2, 0) is 4.79 Å². The maximum absolute atomic E-state index is 12.4. The second-order valence-corrected chi connectivity index (χ2v) is 7.21. The van der Waals surface area contributed by atoms with Gasteiger partial charge in [0.1, 0.15) is 5.75 Å². The zero-order chi connectivity index (χ0) is 15.7. The lowest BCUT2D eigenvalue weighted by Crippen LogP contribution is -2.45. The van der Waals surface area contributed by atoms with E-state index >= 15 is 0 Å². The van der Waals surface area contributed by atoms with Crippen molar-refractivity contribution < 1.29 is 9.53 Å². The summed E-state index contributed by atoms with van der Waals surface area (Å²) >= 11 is 0. The summed E-state index contributed by atoms with van der Waals surface area (Å²) in [6, 6.07) is 8.09. The van der Waals surface area contributed by atoms with Gasteiger partial charge in [-0.1, -0.05) is 18.6 Å². The number of rotatable bonds is 5. The number of benzene rings is 1. The average Bonchev–Trinajstić information content (AvgIpc) is 3.09. The van der Waals surface area contributed by atoms with E-state index < -0.39 is 6.10 Å². The molecule has 1 amide bonds. The van der Waals surface area contributed by atoms with E-state index in [9.17, 15) is 4.79 Å². The molecule has 0 heterocycles. The number of carbonyl (C=O) groups is 1. The largest absolute Gasteiger partial charge is 0.481 e. The van der Waals surface area contributed by atoms with Crippen LogP contribution in [0.3, 0.4) is 0 Å². The zero-order valence-electron chi connectivity index (χ0n) is 13.8. The average molecular weight is 301 g/mol. The third-order valence-electron chi connectivity index (χ3n) is 5.48. The van der Waals surface area contributed by atoms with Crippen molar-refractivity contribution >= 4 is 5.91 Å². The smallest absolute Gasteiger partial charge is 0.260 e. The fraction of sp³-hybridized carbons (Fsp3) is 0.632. The first-order valence-electron chi connectivity index (χ1n) is 8.56. The molecule has 5 atom stereocenters. The molecule has 3 rings (SSSR count). The SMILES string of the molecule is Cc1cccc(O[C@H](C)C(=O)N[C@@H](C)[C@@H]2C[C@H]3CC[C@H]2C3)c1. The molecule has 2 saturated carbocycles. The van der Waals surface area contributed by atoms with E-state index in [1.165, 1.54) is 25.7 Å². The summed E-state index contributed by atoms with van der Waals surface area (Å²) in [7, 11) is 0. The first-order chi connectivity index (χ1) is 10.5. The molecule has 0 radical (unpaired) electrons. The van der Waals surface area contributed by atoms with Gasteiger partial charge in [0.05, 0.1) is 0 Å². The quantitative estimate of drug-likeness (QED) is 0.900. The van der Waals surface area contributed by atoms with Gasteiger partial charge in [-0.05, 0) is 75.5 Å². The first-order valence-corrected chi connectivity index (χ1v) is 8.56. The van der Waals surface area contributed by atoms with Crippen molar-refractivity contribution in [1.29, 1.82) is 0 Å². The molecule has 0 unspecified atom stereocenters. The Labute approximate surface area is 133 Å². The van der Waals surface area contributed by atoms with Gasteiger partial charge in [0.2, 0.25) is 0 Å². The van der Waals surface area contributed by atoms with Crippen LogP contribution in [-0.4, -0.2) is 18.1 Å². The molecule has 2 aliphatic rings. The molecule has 120 valence electrons. The lowest BCUT2D eigenvalue weighted by molar-refractivity contribution is -0.128. The summed E-state index contributed by atoms with van der Waals surface area (Å²) in [5.41, 5.74) is 1.14. The second-order valence-electron chi connectivity index (χ2n) is 7.21. The highest BCUT2D eigenvalue weighted by molar-refractivity contribution is 5.81. The van der Waals surface area contributed by atoms with Crippen molar-refractivity contribution in [2.75, 3.05) is 0 Å². The normalized spacial score (nSPS) is 29.1. The molecule has 1 N–H and O–H groups in total. The monoisotopic (exact) mass is 301 g/mol. The number of nitrogens with one attached hydrogen (secondary N) is 1. The molecule has 2 aliphatic carbocycles. The Morgan fingerprint density at radius 2 is 2.09 bits per heavy atom. The minimum absolute atomic E-state index is 0.00298. The highest BCUT2D eigenvalue weighted by Gasteiger charge is 2.42. The molecule has 3 nitrogen and oxygen atoms in total. The van der Waals surface area contributed by atoms with Crippen LogP contribution in [0.2, 0.25) is 0 Å². The van der Waals surface area contributed by atoms with Gasteiger partial charge >= 0.3 is 0 Å². The molecule has 1 aromatic rings. The molecule has 2 fully saturated rings. The maximum atomic E-state index is 12.4. The van der Waals surface area contributed by atoms with Crippen molar-refractivity contribution in [3.63, 3.8) is 0 Å². The van der Waals surface area contributed by atoms with Crippen LogP contribution < -0.4 is 10.1 Å². The summed E-state index contributed by atoms with van der Waals surface area (Å²) in [6.07, 6.45) is 4.96. The number of ether oxygens (including phenoxy) is 1. The zero-order valence-corrected chi connectivity index (χ0v) is 13.8. The van der Waals surface area contributed by atoms with Gasteiger partial charge in [0.15, 0.2) is 6.10 Å². The van der Waals surface area contributed by atoms with Crippen LogP contribution in [0.1, 0.15) is 45.1 Å². The van der Waals surface area contributed by atoms with E-state index in [0.29, 0.717) is 5.92 Å². The highest BCUT2D eigenvalue weighted by atomic mass is 16.5. The van der Waals surface area contributed by atoms with E-state index in [-0.39, 0.29) is 11.9 Å². The van der Waals surface area contributed by atoms with Gasteiger partial charge in [-0.25, -0.2) is 0 Å². The number of amides is 1. The van der Waals surface area contributed by atoms with Crippen LogP contribution in [0.5, 0.6) is 5.75 Å². The van der Waals surface area contributed by atoms with E-state index in [1.54, 1.807) is 0 Å². The van der Waals surface area contributed by atoms with E-state index in [0.717, 1.165) is 23.1 Å². The number of aryl methyl sites for hydroxylation is 1. The van der Waals surface area contributed by atoms with Crippen molar-refractivity contribution in [3.05, 3.63) is 29.8 Å². The molecule has 3 heteroatoms. The lowest BCUT2D eigenvalue weighted by Gasteiger charge is -2.29. The molecule has 1 aromatic carbocycles. The summed E-state index contributed by atoms with van der Waals surface area (Å²) in [5.74, 6) is 3.16. The summed E-state index contributed by atoms with van der Waals surface area (Å²) in [4.78, 5) is 12.4. The van der Waals surface area contributed by atoms with E-state index in [1.807, 2.05) is 38.1 Å². The topological polar surface area (TPSA) is 38.3 Å². The molecule has 0 aromatic heterocycles. The van der Waals surface area contributed by atoms with Gasteiger partial charge in [-0.2, -0.15) is 0 Å². The fourth-order valence-corrected chi connectivity index (χ4v) is 4.30. The molecular weight excluding hydrogens is 274 g/mol. The number of hydrogen-bond donors (Lipinski definition) is 1. The Bertz CT molecular complexity index is 542. The number of hydrogen-bond acceptors (Lipinski definition) is 2. The molecule has 22 heavy (non-hydrogen) atoms. The predicted octanol–water partition coefficient (Wildman–Crippen LogP) is 3.70. The number of fused-ring (bicyclic) bond motifs is 2. The molecular formula is C19H27NO2. The minimum atomic E-state index is -0.456. The van der Waals surface area contributed by atoms with Gasteiger partial charge < -0.3 is 10.1 Å². The third-order valence-corrected chi connectivity index (χ3v) is 5.48. The highest BCUT2D eigenvalue weighted by Crippen LogP contribution is 2.49. The summed E-state index contributed by atoms with van der Waals surface area (Å²) in [6.45, 7) is 6.00. The van der Waals surface area contributed by atoms with Crippen LogP contribution in [0.4, 0.5) is 0 Å². The Balaban J connectivity index is 1.52. The summed E-state index contributed by atoms with van der Waals surface area (Å²) in [5, 5.41) is 3.18. The van der Waals surface area contributed by atoms with Crippen LogP contribution in [0, 0.1) is 24.7 Å². The Kier molecular flexibility index (Phi) is 4.42. The van der Waals surface area contributed by atoms with Crippen molar-refractivity contribution in [2.45, 2.75) is 58.6 Å². The Morgan fingerprint density at radius 1 is 1.27 bits per heavy atom. The fourth-order valence-electron chi connectivity index (χ4n) is 4.30. The van der Waals surface area contributed by atoms with Gasteiger partial charge in [0, 0.05) is 6.04 Å². The predicted molar refractivity (Wildman–Crippen MR) is 87.8 cm³/mol. The van der Waals surface area contributed by atoms with Crippen molar-refractivity contribution in [2.24, 2.45) is 17.8 Å². The minimum Gasteiger partial charge on any atom is -0.481 e. The molecule has 2 bridgehead atoms. The van der Waals surface area contributed by atoms with Gasteiger partial charge in [-0.15, -0.1) is 0 Å². The lowest BCUT2D eigenvalue weighted by atomic mass is 9.84. The Hall–Kier alpha value is -1.51. The van der Waals surface area contributed by atoms with E-state index in [4.69, 9.17) is 4.74 Å². The van der Waals surface area contributed by atoms with E-state index in [2.05, 4.69) is 12.2 Å². The van der Waals surface area contributed by atoms with Crippen LogP contribution >= 0.6 is 0 Å². The van der Waals surface area contributed by atoms with Crippen molar-refractivity contribution in [3.8, 4) is 5.75 Å². The summed E-state index contributed by atoms with van der Waals surface area (Å²) < 4.78 is 5.77. The van der Waals surface area contributed by atoms with Gasteiger partial charge in [0.25, 0.3) is 5.91 Å². The van der Waals surface area contributed by atoms with Gasteiger partial charge in [-0.3, -0.25) is 4.79 Å². The van der Waals surface area contributed by atoms with Crippen LogP contribution in [0.15, 0.2) is 24.3 Å². The van der Waals surface area contributed by atoms with Crippen LogP contribution in [0.25, 0.3) is 0 Å². The second kappa shape index (κ2) is 6.31.